The van der Waals surface area contributed by atoms with Crippen LogP contribution >= 0.6 is 11.6 Å². The summed E-state index contributed by atoms with van der Waals surface area (Å²) < 4.78 is 0. The number of hydrogen-bond donors (Lipinski definition) is 2. The zero-order valence-corrected chi connectivity index (χ0v) is 10.3. The fourth-order valence-electron chi connectivity index (χ4n) is 2.05. The standard InChI is InChI=1S/C12H16ClN3O/c13-9-2-4-10(5-3-9)16-7-1-6-15-12(17)11(16)8-14/h2-5,11H,1,6-8,14H2,(H,15,17). The SMILES string of the molecule is NCC1C(=O)NCCCN1c1ccc(Cl)cc1. The maximum Gasteiger partial charge on any atom is 0.244 e. The summed E-state index contributed by atoms with van der Waals surface area (Å²) in [5.74, 6) is -0.0000463. The van der Waals surface area contributed by atoms with Crippen LogP contribution in [0.5, 0.6) is 0 Å². The maximum absolute atomic E-state index is 11.8. The molecule has 17 heavy (non-hydrogen) atoms. The monoisotopic (exact) mass is 253 g/mol. The molecule has 1 amide bonds. The first-order valence-corrected chi connectivity index (χ1v) is 6.10. The van der Waals surface area contributed by atoms with Crippen molar-refractivity contribution in [1.82, 2.24) is 5.32 Å². The van der Waals surface area contributed by atoms with Crippen LogP contribution < -0.4 is 16.0 Å². The van der Waals surface area contributed by atoms with Crippen LogP contribution in [-0.2, 0) is 4.79 Å². The fourth-order valence-corrected chi connectivity index (χ4v) is 2.18. The Morgan fingerprint density at radius 2 is 2.12 bits per heavy atom. The van der Waals surface area contributed by atoms with Gasteiger partial charge in [-0.25, -0.2) is 0 Å². The first-order valence-electron chi connectivity index (χ1n) is 5.72. The van der Waals surface area contributed by atoms with Crippen LogP contribution in [0.25, 0.3) is 0 Å². The van der Waals surface area contributed by atoms with Crippen molar-refractivity contribution in [3.8, 4) is 0 Å². The first-order chi connectivity index (χ1) is 8.22. The molecule has 0 aromatic heterocycles. The highest BCUT2D eigenvalue weighted by Crippen LogP contribution is 2.21. The number of carbonyl (C=O) groups excluding carboxylic acids is 1. The molecule has 1 atom stereocenters. The van der Waals surface area contributed by atoms with Crippen LogP contribution in [0.4, 0.5) is 5.69 Å². The molecular formula is C12H16ClN3O. The summed E-state index contributed by atoms with van der Waals surface area (Å²) in [6.45, 7) is 1.84. The number of hydrogen-bond acceptors (Lipinski definition) is 3. The van der Waals surface area contributed by atoms with Crippen LogP contribution in [0.15, 0.2) is 24.3 Å². The van der Waals surface area contributed by atoms with Crippen LogP contribution in [0, 0.1) is 0 Å². The lowest BCUT2D eigenvalue weighted by Crippen LogP contribution is -2.49. The lowest BCUT2D eigenvalue weighted by Gasteiger charge is -2.29. The topological polar surface area (TPSA) is 58.4 Å². The summed E-state index contributed by atoms with van der Waals surface area (Å²) in [7, 11) is 0. The van der Waals surface area contributed by atoms with E-state index in [-0.39, 0.29) is 11.9 Å². The van der Waals surface area contributed by atoms with Crippen LogP contribution in [0.3, 0.4) is 0 Å². The van der Waals surface area contributed by atoms with E-state index in [9.17, 15) is 4.79 Å². The number of nitrogens with two attached hydrogens (primary N) is 1. The van der Waals surface area contributed by atoms with Gasteiger partial charge in [0.05, 0.1) is 0 Å². The average molecular weight is 254 g/mol. The van der Waals surface area contributed by atoms with Crippen molar-refractivity contribution in [1.29, 1.82) is 0 Å². The van der Waals surface area contributed by atoms with Gasteiger partial charge < -0.3 is 16.0 Å². The van der Waals surface area contributed by atoms with Crippen molar-refractivity contribution >= 4 is 23.2 Å². The Kier molecular flexibility index (Phi) is 3.86. The number of anilines is 1. The Labute approximate surface area is 106 Å². The van der Waals surface area contributed by atoms with E-state index in [4.69, 9.17) is 17.3 Å². The van der Waals surface area contributed by atoms with Gasteiger partial charge in [0.2, 0.25) is 5.91 Å². The lowest BCUT2D eigenvalue weighted by molar-refractivity contribution is -0.121. The minimum Gasteiger partial charge on any atom is -0.358 e. The van der Waals surface area contributed by atoms with E-state index in [1.165, 1.54) is 0 Å². The van der Waals surface area contributed by atoms with E-state index in [1.54, 1.807) is 0 Å². The predicted molar refractivity (Wildman–Crippen MR) is 69.3 cm³/mol. The normalized spacial score (nSPS) is 20.9. The Bertz CT molecular complexity index is 393. The molecule has 0 radical (unpaired) electrons. The molecule has 2 rings (SSSR count). The Morgan fingerprint density at radius 1 is 1.41 bits per heavy atom. The van der Waals surface area contributed by atoms with Crippen molar-refractivity contribution in [2.24, 2.45) is 5.73 Å². The molecular weight excluding hydrogens is 238 g/mol. The molecule has 1 aromatic rings. The fraction of sp³-hybridized carbons (Fsp3) is 0.417. The van der Waals surface area contributed by atoms with E-state index < -0.39 is 0 Å². The van der Waals surface area contributed by atoms with E-state index in [1.807, 2.05) is 29.2 Å². The molecule has 5 heteroatoms. The zero-order chi connectivity index (χ0) is 12.3. The molecule has 1 aliphatic heterocycles. The van der Waals surface area contributed by atoms with Crippen molar-refractivity contribution in [2.75, 3.05) is 24.5 Å². The molecule has 1 heterocycles. The highest BCUT2D eigenvalue weighted by Gasteiger charge is 2.26. The summed E-state index contributed by atoms with van der Waals surface area (Å²) >= 11 is 5.86. The van der Waals surface area contributed by atoms with Crippen LogP contribution in [0.1, 0.15) is 6.42 Å². The largest absolute Gasteiger partial charge is 0.358 e. The minimum atomic E-state index is -0.293. The van der Waals surface area contributed by atoms with Crippen LogP contribution in [0.2, 0.25) is 5.02 Å². The zero-order valence-electron chi connectivity index (χ0n) is 9.53. The van der Waals surface area contributed by atoms with E-state index in [0.717, 1.165) is 18.7 Å². The third-order valence-corrected chi connectivity index (χ3v) is 3.19. The highest BCUT2D eigenvalue weighted by molar-refractivity contribution is 6.30. The molecule has 1 unspecified atom stereocenters. The number of nitrogens with zero attached hydrogens (tertiary/aromatic N) is 1. The maximum atomic E-state index is 11.8. The third kappa shape index (κ3) is 2.70. The van der Waals surface area contributed by atoms with Crippen molar-refractivity contribution in [2.45, 2.75) is 12.5 Å². The molecule has 0 saturated carbocycles. The Hall–Kier alpha value is -1.26. The van der Waals surface area contributed by atoms with Crippen molar-refractivity contribution < 1.29 is 4.79 Å². The minimum absolute atomic E-state index is 0.0000463. The number of benzene rings is 1. The number of rotatable bonds is 2. The third-order valence-electron chi connectivity index (χ3n) is 2.94. The van der Waals surface area contributed by atoms with Crippen molar-refractivity contribution in [3.05, 3.63) is 29.3 Å². The van der Waals surface area contributed by atoms with Gasteiger partial charge in [0, 0.05) is 30.3 Å². The summed E-state index contributed by atoms with van der Waals surface area (Å²) in [6.07, 6.45) is 0.921. The van der Waals surface area contributed by atoms with E-state index >= 15 is 0 Å². The summed E-state index contributed by atoms with van der Waals surface area (Å²) in [5.41, 5.74) is 6.68. The number of carbonyl (C=O) groups is 1. The van der Waals surface area contributed by atoms with Crippen LogP contribution in [-0.4, -0.2) is 31.6 Å². The molecule has 0 aliphatic carbocycles. The van der Waals surface area contributed by atoms with Gasteiger partial charge >= 0.3 is 0 Å². The number of amides is 1. The average Bonchev–Trinajstić information content (AvgIpc) is 2.52. The number of nitrogens with one attached hydrogen (secondary N) is 1. The molecule has 0 bridgehead atoms. The second-order valence-electron chi connectivity index (χ2n) is 4.07. The Morgan fingerprint density at radius 3 is 2.76 bits per heavy atom. The molecule has 92 valence electrons. The van der Waals surface area contributed by atoms with E-state index in [2.05, 4.69) is 5.32 Å². The molecule has 3 N–H and O–H groups in total. The van der Waals surface area contributed by atoms with E-state index in [0.29, 0.717) is 18.1 Å². The van der Waals surface area contributed by atoms with Gasteiger partial charge in [-0.3, -0.25) is 4.79 Å². The van der Waals surface area contributed by atoms with Gasteiger partial charge in [0.1, 0.15) is 6.04 Å². The summed E-state index contributed by atoms with van der Waals surface area (Å²) in [5, 5.41) is 3.56. The molecule has 1 aliphatic rings. The quantitative estimate of drug-likeness (QED) is 0.827. The van der Waals surface area contributed by atoms with Gasteiger partial charge in [-0.2, -0.15) is 0 Å². The lowest BCUT2D eigenvalue weighted by atomic mass is 10.2. The van der Waals surface area contributed by atoms with Gasteiger partial charge in [-0.05, 0) is 30.7 Å². The van der Waals surface area contributed by atoms with Gasteiger partial charge in [0.25, 0.3) is 0 Å². The first kappa shape index (κ1) is 12.2. The molecule has 4 nitrogen and oxygen atoms in total. The van der Waals surface area contributed by atoms with Gasteiger partial charge in [-0.1, -0.05) is 11.6 Å². The molecule has 1 fully saturated rings. The van der Waals surface area contributed by atoms with Gasteiger partial charge in [0.15, 0.2) is 0 Å². The molecule has 1 aromatic carbocycles. The predicted octanol–water partition coefficient (Wildman–Crippen LogP) is 0.994. The number of halogens is 1. The molecule has 1 saturated heterocycles. The molecule has 0 spiro atoms. The second kappa shape index (κ2) is 5.38. The summed E-state index contributed by atoms with van der Waals surface area (Å²) in [4.78, 5) is 13.9. The smallest absolute Gasteiger partial charge is 0.244 e. The Balaban J connectivity index is 2.26. The van der Waals surface area contributed by atoms with Gasteiger partial charge in [-0.15, -0.1) is 0 Å². The van der Waals surface area contributed by atoms with Crippen molar-refractivity contribution in [3.63, 3.8) is 0 Å². The summed E-state index contributed by atoms with van der Waals surface area (Å²) in [6, 6.07) is 7.20. The second-order valence-corrected chi connectivity index (χ2v) is 4.50. The highest BCUT2D eigenvalue weighted by atomic mass is 35.5.